The highest BCUT2D eigenvalue weighted by Crippen LogP contribution is 2.33. The second-order valence-electron chi connectivity index (χ2n) is 5.17. The molecule has 0 saturated carbocycles. The van der Waals surface area contributed by atoms with Crippen LogP contribution < -0.4 is 5.73 Å². The summed E-state index contributed by atoms with van der Waals surface area (Å²) in [6.07, 6.45) is 0.996. The molecule has 0 saturated heterocycles. The van der Waals surface area contributed by atoms with Crippen LogP contribution in [0.5, 0.6) is 0 Å². The van der Waals surface area contributed by atoms with E-state index in [1.165, 1.54) is 10.6 Å². The monoisotopic (exact) mass is 237 g/mol. The van der Waals surface area contributed by atoms with Crippen LogP contribution >= 0.6 is 11.3 Å². The van der Waals surface area contributed by atoms with Gasteiger partial charge in [-0.15, -0.1) is 11.3 Å². The molecule has 2 aromatic heterocycles. The zero-order valence-electron chi connectivity index (χ0n) is 10.6. The van der Waals surface area contributed by atoms with Crippen molar-refractivity contribution in [1.82, 2.24) is 9.38 Å². The highest BCUT2D eigenvalue weighted by atomic mass is 32.1. The van der Waals surface area contributed by atoms with Gasteiger partial charge in [0.15, 0.2) is 4.96 Å². The van der Waals surface area contributed by atoms with E-state index in [0.717, 1.165) is 22.9 Å². The number of fused-ring (bicyclic) bond motifs is 1. The molecule has 0 aliphatic carbocycles. The van der Waals surface area contributed by atoms with Crippen molar-refractivity contribution in [2.24, 2.45) is 0 Å². The van der Waals surface area contributed by atoms with Gasteiger partial charge < -0.3 is 5.73 Å². The van der Waals surface area contributed by atoms with Crippen molar-refractivity contribution >= 4 is 22.1 Å². The van der Waals surface area contributed by atoms with Crippen LogP contribution in [-0.2, 0) is 11.8 Å². The summed E-state index contributed by atoms with van der Waals surface area (Å²) in [5, 5.41) is 0. The Bertz CT molecular complexity index is 528. The van der Waals surface area contributed by atoms with Crippen LogP contribution in [0.15, 0.2) is 0 Å². The maximum absolute atomic E-state index is 6.22. The Balaban J connectivity index is 2.76. The van der Waals surface area contributed by atoms with Crippen molar-refractivity contribution in [3.63, 3.8) is 0 Å². The fourth-order valence-electron chi connectivity index (χ4n) is 2.05. The third-order valence-corrected chi connectivity index (χ3v) is 3.85. The highest BCUT2D eigenvalue weighted by Gasteiger charge is 2.24. The number of hydrogen-bond donors (Lipinski definition) is 1. The first-order chi connectivity index (χ1) is 7.36. The minimum absolute atomic E-state index is 0.00867. The second kappa shape index (κ2) is 3.48. The molecule has 0 unspecified atom stereocenters. The normalized spacial score (nSPS) is 12.6. The van der Waals surface area contributed by atoms with Crippen molar-refractivity contribution in [3.8, 4) is 0 Å². The van der Waals surface area contributed by atoms with E-state index in [1.54, 1.807) is 11.3 Å². The van der Waals surface area contributed by atoms with E-state index in [-0.39, 0.29) is 5.41 Å². The molecule has 2 rings (SSSR count). The van der Waals surface area contributed by atoms with E-state index in [0.29, 0.717) is 0 Å². The van der Waals surface area contributed by atoms with Crippen molar-refractivity contribution in [2.45, 2.75) is 46.5 Å². The van der Waals surface area contributed by atoms with Crippen LogP contribution in [0.3, 0.4) is 0 Å². The smallest absolute Gasteiger partial charge is 0.196 e. The standard InChI is InChI=1S/C12H19N3S/c1-6-8-7(2)16-11-14-9(12(3,4)5)10(13)15(8)11/h6,13H2,1-5H3. The molecule has 0 aliphatic rings. The lowest BCUT2D eigenvalue weighted by molar-refractivity contribution is 0.575. The SMILES string of the molecule is CCc1c(C)sc2nc(C(C)(C)C)c(N)n12. The molecule has 2 N–H and O–H groups in total. The molecule has 4 heteroatoms. The molecule has 16 heavy (non-hydrogen) atoms. The number of anilines is 1. The molecule has 0 amide bonds. The molecule has 88 valence electrons. The van der Waals surface area contributed by atoms with Crippen LogP contribution in [0.4, 0.5) is 5.82 Å². The second-order valence-corrected chi connectivity index (χ2v) is 6.35. The number of nitrogens with two attached hydrogens (primary N) is 1. The van der Waals surface area contributed by atoms with E-state index in [1.807, 2.05) is 0 Å². The molecule has 0 atom stereocenters. The summed E-state index contributed by atoms with van der Waals surface area (Å²) in [5.74, 6) is 0.809. The number of hydrogen-bond acceptors (Lipinski definition) is 3. The van der Waals surface area contributed by atoms with Crippen LogP contribution in [0.1, 0.15) is 44.0 Å². The molecular weight excluding hydrogens is 218 g/mol. The van der Waals surface area contributed by atoms with Gasteiger partial charge in [0, 0.05) is 16.0 Å². The fourth-order valence-corrected chi connectivity index (χ4v) is 3.12. The van der Waals surface area contributed by atoms with Crippen molar-refractivity contribution in [1.29, 1.82) is 0 Å². The van der Waals surface area contributed by atoms with Gasteiger partial charge in [0.1, 0.15) is 5.82 Å². The number of aryl methyl sites for hydroxylation is 2. The summed E-state index contributed by atoms with van der Waals surface area (Å²) in [6, 6.07) is 0. The van der Waals surface area contributed by atoms with Gasteiger partial charge in [-0.25, -0.2) is 4.98 Å². The Hall–Kier alpha value is -1.03. The predicted octanol–water partition coefficient (Wildman–Crippen LogP) is 3.15. The summed E-state index contributed by atoms with van der Waals surface area (Å²) >= 11 is 1.73. The van der Waals surface area contributed by atoms with Gasteiger partial charge in [-0.3, -0.25) is 4.40 Å². The molecule has 0 radical (unpaired) electrons. The molecular formula is C12H19N3S. The van der Waals surface area contributed by atoms with Gasteiger partial charge >= 0.3 is 0 Å². The maximum Gasteiger partial charge on any atom is 0.196 e. The van der Waals surface area contributed by atoms with Crippen molar-refractivity contribution in [2.75, 3.05) is 5.73 Å². The highest BCUT2D eigenvalue weighted by molar-refractivity contribution is 7.17. The molecule has 0 spiro atoms. The first-order valence-corrected chi connectivity index (χ1v) is 6.44. The lowest BCUT2D eigenvalue weighted by Gasteiger charge is -2.16. The van der Waals surface area contributed by atoms with Crippen LogP contribution in [0.25, 0.3) is 4.96 Å². The number of nitrogen functional groups attached to an aromatic ring is 1. The number of imidazole rings is 1. The largest absolute Gasteiger partial charge is 0.383 e. The molecule has 0 bridgehead atoms. The lowest BCUT2D eigenvalue weighted by atomic mass is 9.92. The Morgan fingerprint density at radius 1 is 1.38 bits per heavy atom. The number of rotatable bonds is 1. The van der Waals surface area contributed by atoms with Gasteiger partial charge in [-0.05, 0) is 13.3 Å². The average molecular weight is 237 g/mol. The summed E-state index contributed by atoms with van der Waals surface area (Å²) in [6.45, 7) is 10.7. The zero-order chi connectivity index (χ0) is 12.1. The van der Waals surface area contributed by atoms with E-state index >= 15 is 0 Å². The first kappa shape index (κ1) is 11.5. The summed E-state index contributed by atoms with van der Waals surface area (Å²) in [7, 11) is 0. The molecule has 2 aromatic rings. The fraction of sp³-hybridized carbons (Fsp3) is 0.583. The Morgan fingerprint density at radius 2 is 2.00 bits per heavy atom. The minimum Gasteiger partial charge on any atom is -0.383 e. The molecule has 3 nitrogen and oxygen atoms in total. The summed E-state index contributed by atoms with van der Waals surface area (Å²) < 4.78 is 2.11. The maximum atomic E-state index is 6.22. The third kappa shape index (κ3) is 1.52. The third-order valence-electron chi connectivity index (χ3n) is 2.85. The van der Waals surface area contributed by atoms with Gasteiger partial charge in [0.2, 0.25) is 0 Å². The van der Waals surface area contributed by atoms with E-state index in [9.17, 15) is 0 Å². The summed E-state index contributed by atoms with van der Waals surface area (Å²) in [5.41, 5.74) is 8.53. The molecule has 0 aliphatic heterocycles. The van der Waals surface area contributed by atoms with E-state index < -0.39 is 0 Å². The Morgan fingerprint density at radius 3 is 2.50 bits per heavy atom. The molecule has 2 heterocycles. The number of aromatic nitrogens is 2. The predicted molar refractivity (Wildman–Crippen MR) is 70.3 cm³/mol. The average Bonchev–Trinajstić information content (AvgIpc) is 2.62. The van der Waals surface area contributed by atoms with Crippen LogP contribution in [0, 0.1) is 6.92 Å². The van der Waals surface area contributed by atoms with E-state index in [4.69, 9.17) is 5.73 Å². The van der Waals surface area contributed by atoms with Gasteiger partial charge in [-0.1, -0.05) is 27.7 Å². The quantitative estimate of drug-likeness (QED) is 0.828. The first-order valence-electron chi connectivity index (χ1n) is 5.63. The number of thiazole rings is 1. The number of nitrogens with zero attached hydrogens (tertiary/aromatic N) is 2. The molecule has 0 aromatic carbocycles. The van der Waals surface area contributed by atoms with Gasteiger partial charge in [0.25, 0.3) is 0 Å². The zero-order valence-corrected chi connectivity index (χ0v) is 11.4. The van der Waals surface area contributed by atoms with Crippen molar-refractivity contribution in [3.05, 3.63) is 16.3 Å². The van der Waals surface area contributed by atoms with Crippen LogP contribution in [-0.4, -0.2) is 9.38 Å². The topological polar surface area (TPSA) is 43.3 Å². The summed E-state index contributed by atoms with van der Waals surface area (Å²) in [4.78, 5) is 7.01. The van der Waals surface area contributed by atoms with Crippen LogP contribution in [0.2, 0.25) is 0 Å². The lowest BCUT2D eigenvalue weighted by Crippen LogP contribution is -2.14. The van der Waals surface area contributed by atoms with Crippen molar-refractivity contribution < 1.29 is 0 Å². The van der Waals surface area contributed by atoms with E-state index in [2.05, 4.69) is 44.0 Å². The molecule has 0 fully saturated rings. The van der Waals surface area contributed by atoms with Gasteiger partial charge in [0.05, 0.1) is 5.69 Å². The Labute approximate surface area is 100 Å². The minimum atomic E-state index is 0.00867. The Kier molecular flexibility index (Phi) is 2.49. The van der Waals surface area contributed by atoms with Gasteiger partial charge in [-0.2, -0.15) is 0 Å².